The lowest BCUT2D eigenvalue weighted by Crippen LogP contribution is -2.14. The van der Waals surface area contributed by atoms with E-state index in [4.69, 9.17) is 5.73 Å². The van der Waals surface area contributed by atoms with Crippen molar-refractivity contribution in [3.63, 3.8) is 0 Å². The van der Waals surface area contributed by atoms with Crippen molar-refractivity contribution in [3.8, 4) is 0 Å². The van der Waals surface area contributed by atoms with E-state index in [1.54, 1.807) is 0 Å². The molecule has 3 nitrogen and oxygen atoms in total. The van der Waals surface area contributed by atoms with Crippen LogP contribution in [0.4, 0.5) is 0 Å². The Morgan fingerprint density at radius 1 is 1.36 bits per heavy atom. The van der Waals surface area contributed by atoms with Crippen LogP contribution < -0.4 is 5.73 Å². The average Bonchev–Trinajstić information content (AvgIpc) is 2.15. The Bertz CT molecular complexity index is 330. The van der Waals surface area contributed by atoms with Gasteiger partial charge in [0.15, 0.2) is 0 Å². The number of nitrogens with zero attached hydrogens (tertiary/aromatic N) is 1. The van der Waals surface area contributed by atoms with Crippen molar-refractivity contribution < 1.29 is 4.79 Å². The summed E-state index contributed by atoms with van der Waals surface area (Å²) in [6.45, 7) is 1.40. The van der Waals surface area contributed by atoms with Gasteiger partial charge in [0.2, 0.25) is 5.91 Å². The van der Waals surface area contributed by atoms with Crippen molar-refractivity contribution in [2.75, 3.05) is 0 Å². The highest BCUT2D eigenvalue weighted by Crippen LogP contribution is 2.01. The topological polar surface area (TPSA) is 55.5 Å². The molecule has 0 unspecified atom stereocenters. The van der Waals surface area contributed by atoms with Crippen molar-refractivity contribution in [1.29, 1.82) is 0 Å². The zero-order valence-electron chi connectivity index (χ0n) is 8.23. The highest BCUT2D eigenvalue weighted by molar-refractivity contribution is 5.92. The fourth-order valence-corrected chi connectivity index (χ4v) is 1.18. The second kappa shape index (κ2) is 5.17. The van der Waals surface area contributed by atoms with Crippen LogP contribution >= 0.6 is 0 Å². The number of aryl methyl sites for hydroxylation is 1. The normalized spacial score (nSPS) is 11.4. The fraction of sp³-hybridized carbons (Fsp3) is 0.273. The van der Waals surface area contributed by atoms with Gasteiger partial charge in [-0.2, -0.15) is 0 Å². The lowest BCUT2D eigenvalue weighted by Gasteiger charge is -1.99. The Labute approximate surface area is 83.7 Å². The number of carbonyl (C=O) groups is 1. The number of amides is 1. The number of carbonyl (C=O) groups excluding carboxylic acids is 1. The third kappa shape index (κ3) is 3.85. The second-order valence-corrected chi connectivity index (χ2v) is 3.11. The maximum absolute atomic E-state index is 10.6. The molecule has 1 aromatic carbocycles. The van der Waals surface area contributed by atoms with Crippen molar-refractivity contribution in [2.24, 2.45) is 10.7 Å². The Hall–Kier alpha value is -1.64. The molecular formula is C11H14N2O. The molecule has 0 aliphatic rings. The van der Waals surface area contributed by atoms with Crippen LogP contribution in [0.3, 0.4) is 0 Å². The van der Waals surface area contributed by atoms with E-state index in [9.17, 15) is 4.79 Å². The lowest BCUT2D eigenvalue weighted by molar-refractivity contribution is -0.115. The molecule has 0 radical (unpaired) electrons. The summed E-state index contributed by atoms with van der Waals surface area (Å²) in [5.41, 5.74) is 6.75. The Balaban J connectivity index is 2.45. The minimum absolute atomic E-state index is 0.240. The van der Waals surface area contributed by atoms with Crippen LogP contribution in [0.25, 0.3) is 0 Å². The number of benzene rings is 1. The van der Waals surface area contributed by atoms with Gasteiger partial charge in [-0.15, -0.1) is 0 Å². The maximum atomic E-state index is 10.6. The number of amidine groups is 1. The zero-order valence-corrected chi connectivity index (χ0v) is 8.23. The monoisotopic (exact) mass is 190 g/mol. The van der Waals surface area contributed by atoms with Gasteiger partial charge in [-0.1, -0.05) is 30.3 Å². The van der Waals surface area contributed by atoms with Crippen LogP contribution in [-0.2, 0) is 11.2 Å². The predicted octanol–water partition coefficient (Wildman–Crippen LogP) is 1.52. The van der Waals surface area contributed by atoms with E-state index < -0.39 is 0 Å². The smallest absolute Gasteiger partial charge is 0.244 e. The maximum Gasteiger partial charge on any atom is 0.244 e. The van der Waals surface area contributed by atoms with Crippen LogP contribution in [0.2, 0.25) is 0 Å². The van der Waals surface area contributed by atoms with Crippen LogP contribution in [0.15, 0.2) is 35.3 Å². The summed E-state index contributed by atoms with van der Waals surface area (Å²) in [5.74, 6) is 0.164. The predicted molar refractivity (Wildman–Crippen MR) is 57.1 cm³/mol. The van der Waals surface area contributed by atoms with Gasteiger partial charge in [0, 0.05) is 13.3 Å². The highest BCUT2D eigenvalue weighted by Gasteiger charge is 1.96. The molecule has 0 saturated heterocycles. The molecule has 1 aromatic rings. The van der Waals surface area contributed by atoms with Gasteiger partial charge in [-0.3, -0.25) is 4.79 Å². The van der Waals surface area contributed by atoms with Crippen molar-refractivity contribution in [3.05, 3.63) is 35.9 Å². The number of aliphatic imine (C=N–C) groups is 1. The summed E-state index contributed by atoms with van der Waals surface area (Å²) in [7, 11) is 0. The standard InChI is InChI=1S/C11H14N2O/c1-9(14)13-11(12)8-7-10-5-3-2-4-6-10/h2-6H,7-8H2,1H3,(H2,12,13,14). The molecule has 1 amide bonds. The molecule has 0 aliphatic heterocycles. The summed E-state index contributed by atoms with van der Waals surface area (Å²) in [5, 5.41) is 0. The molecule has 14 heavy (non-hydrogen) atoms. The third-order valence-electron chi connectivity index (χ3n) is 1.81. The first-order valence-corrected chi connectivity index (χ1v) is 4.56. The minimum Gasteiger partial charge on any atom is -0.387 e. The largest absolute Gasteiger partial charge is 0.387 e. The quantitative estimate of drug-likeness (QED) is 0.580. The molecule has 0 bridgehead atoms. The van der Waals surface area contributed by atoms with Gasteiger partial charge in [-0.05, 0) is 12.0 Å². The Morgan fingerprint density at radius 3 is 2.57 bits per heavy atom. The molecule has 1 rings (SSSR count). The molecular weight excluding hydrogens is 176 g/mol. The first-order valence-electron chi connectivity index (χ1n) is 4.56. The fourth-order valence-electron chi connectivity index (χ4n) is 1.18. The molecule has 0 aliphatic carbocycles. The van der Waals surface area contributed by atoms with E-state index in [1.165, 1.54) is 12.5 Å². The zero-order chi connectivity index (χ0) is 10.4. The number of rotatable bonds is 3. The van der Waals surface area contributed by atoms with E-state index in [2.05, 4.69) is 4.99 Å². The van der Waals surface area contributed by atoms with E-state index in [1.807, 2.05) is 30.3 Å². The SMILES string of the molecule is CC(=O)N=C(N)CCc1ccccc1. The van der Waals surface area contributed by atoms with E-state index in [0.29, 0.717) is 12.3 Å². The van der Waals surface area contributed by atoms with Crippen molar-refractivity contribution in [2.45, 2.75) is 19.8 Å². The summed E-state index contributed by atoms with van der Waals surface area (Å²) in [6, 6.07) is 9.99. The Morgan fingerprint density at radius 2 is 2.00 bits per heavy atom. The molecule has 0 atom stereocenters. The summed E-state index contributed by atoms with van der Waals surface area (Å²) >= 11 is 0. The Kier molecular flexibility index (Phi) is 3.85. The molecule has 0 fully saturated rings. The van der Waals surface area contributed by atoms with E-state index in [0.717, 1.165) is 6.42 Å². The van der Waals surface area contributed by atoms with Crippen molar-refractivity contribution in [1.82, 2.24) is 0 Å². The van der Waals surface area contributed by atoms with Gasteiger partial charge in [0.05, 0.1) is 0 Å². The van der Waals surface area contributed by atoms with Gasteiger partial charge in [-0.25, -0.2) is 4.99 Å². The molecule has 3 heteroatoms. The lowest BCUT2D eigenvalue weighted by atomic mass is 10.1. The first-order chi connectivity index (χ1) is 6.68. The average molecular weight is 190 g/mol. The summed E-state index contributed by atoms with van der Waals surface area (Å²) in [6.07, 6.45) is 1.45. The van der Waals surface area contributed by atoms with Gasteiger partial charge in [0.1, 0.15) is 5.84 Å². The van der Waals surface area contributed by atoms with Gasteiger partial charge >= 0.3 is 0 Å². The van der Waals surface area contributed by atoms with Crippen LogP contribution in [-0.4, -0.2) is 11.7 Å². The van der Waals surface area contributed by atoms with E-state index in [-0.39, 0.29) is 5.91 Å². The summed E-state index contributed by atoms with van der Waals surface area (Å²) < 4.78 is 0. The van der Waals surface area contributed by atoms with E-state index >= 15 is 0 Å². The number of hydrogen-bond donors (Lipinski definition) is 1. The van der Waals surface area contributed by atoms with Gasteiger partial charge < -0.3 is 5.73 Å². The van der Waals surface area contributed by atoms with Gasteiger partial charge in [0.25, 0.3) is 0 Å². The number of hydrogen-bond acceptors (Lipinski definition) is 1. The molecule has 74 valence electrons. The molecule has 0 spiro atoms. The number of nitrogens with two attached hydrogens (primary N) is 1. The molecule has 0 saturated carbocycles. The molecule has 2 N–H and O–H groups in total. The van der Waals surface area contributed by atoms with Crippen LogP contribution in [0.5, 0.6) is 0 Å². The molecule has 0 heterocycles. The second-order valence-electron chi connectivity index (χ2n) is 3.11. The van der Waals surface area contributed by atoms with Crippen LogP contribution in [0.1, 0.15) is 18.9 Å². The van der Waals surface area contributed by atoms with Crippen molar-refractivity contribution >= 4 is 11.7 Å². The molecule has 0 aromatic heterocycles. The first kappa shape index (κ1) is 10.4. The highest BCUT2D eigenvalue weighted by atomic mass is 16.1. The summed E-state index contributed by atoms with van der Waals surface area (Å²) in [4.78, 5) is 14.2. The third-order valence-corrected chi connectivity index (χ3v) is 1.81. The minimum atomic E-state index is -0.240. The van der Waals surface area contributed by atoms with Crippen LogP contribution in [0, 0.1) is 0 Å².